The summed E-state index contributed by atoms with van der Waals surface area (Å²) in [6.45, 7) is 0.772. The van der Waals surface area contributed by atoms with E-state index < -0.39 is 0 Å². The number of hydrogen-bond donors (Lipinski definition) is 1. The highest BCUT2D eigenvalue weighted by Gasteiger charge is 2.21. The standard InChI is InChI=1S/C20H20N2O2S2/c23-18-2-1-11-22(18)17-9-7-16(8-10-17)21-19(24)14-3-5-15(6-4-14)20-25-12-13-26-20/h3-10,20H,1-2,11-13H2,(H,21,24). The number of thioether (sulfide) groups is 2. The highest BCUT2D eigenvalue weighted by Crippen LogP contribution is 2.45. The summed E-state index contributed by atoms with van der Waals surface area (Å²) in [6.07, 6.45) is 1.53. The molecule has 2 aromatic carbocycles. The molecular formula is C20H20N2O2S2. The van der Waals surface area contributed by atoms with Crippen LogP contribution >= 0.6 is 23.5 Å². The van der Waals surface area contributed by atoms with Gasteiger partial charge in [0.2, 0.25) is 5.91 Å². The van der Waals surface area contributed by atoms with Gasteiger partial charge in [-0.1, -0.05) is 12.1 Å². The van der Waals surface area contributed by atoms with Crippen molar-refractivity contribution >= 4 is 46.7 Å². The summed E-state index contributed by atoms with van der Waals surface area (Å²) in [6, 6.07) is 15.3. The minimum Gasteiger partial charge on any atom is -0.322 e. The van der Waals surface area contributed by atoms with E-state index in [4.69, 9.17) is 0 Å². The molecule has 2 aliphatic rings. The lowest BCUT2D eigenvalue weighted by molar-refractivity contribution is -0.117. The van der Waals surface area contributed by atoms with Gasteiger partial charge in [0.1, 0.15) is 0 Å². The summed E-state index contributed by atoms with van der Waals surface area (Å²) in [5, 5.41) is 2.92. The van der Waals surface area contributed by atoms with Crippen molar-refractivity contribution in [1.29, 1.82) is 0 Å². The van der Waals surface area contributed by atoms with Crippen molar-refractivity contribution in [2.24, 2.45) is 0 Å². The molecule has 0 bridgehead atoms. The molecule has 2 fully saturated rings. The van der Waals surface area contributed by atoms with Crippen LogP contribution in [-0.2, 0) is 4.79 Å². The highest BCUT2D eigenvalue weighted by atomic mass is 32.2. The number of benzene rings is 2. The maximum absolute atomic E-state index is 12.5. The van der Waals surface area contributed by atoms with E-state index in [2.05, 4.69) is 5.32 Å². The van der Waals surface area contributed by atoms with Gasteiger partial charge in [-0.05, 0) is 48.4 Å². The van der Waals surface area contributed by atoms with Gasteiger partial charge in [0.15, 0.2) is 0 Å². The number of nitrogens with one attached hydrogen (secondary N) is 1. The number of carbonyl (C=O) groups excluding carboxylic acids is 2. The van der Waals surface area contributed by atoms with E-state index in [1.54, 1.807) is 4.90 Å². The van der Waals surface area contributed by atoms with Crippen LogP contribution in [0.3, 0.4) is 0 Å². The molecule has 4 rings (SSSR count). The molecule has 1 N–H and O–H groups in total. The summed E-state index contributed by atoms with van der Waals surface area (Å²) in [4.78, 5) is 26.0. The largest absolute Gasteiger partial charge is 0.322 e. The number of carbonyl (C=O) groups is 2. The number of rotatable bonds is 4. The van der Waals surface area contributed by atoms with Crippen molar-refractivity contribution in [3.8, 4) is 0 Å². The summed E-state index contributed by atoms with van der Waals surface area (Å²) in [5.41, 5.74) is 3.55. The average Bonchev–Trinajstić information content (AvgIpc) is 3.34. The fourth-order valence-corrected chi connectivity index (χ4v) is 6.05. The second-order valence-electron chi connectivity index (χ2n) is 6.35. The summed E-state index contributed by atoms with van der Waals surface area (Å²) in [7, 11) is 0. The predicted molar refractivity (Wildman–Crippen MR) is 110 cm³/mol. The Morgan fingerprint density at radius 3 is 2.31 bits per heavy atom. The normalized spacial score (nSPS) is 17.7. The maximum atomic E-state index is 12.5. The first-order valence-electron chi connectivity index (χ1n) is 8.76. The van der Waals surface area contributed by atoms with Crippen molar-refractivity contribution < 1.29 is 9.59 Å². The van der Waals surface area contributed by atoms with Crippen LogP contribution in [-0.4, -0.2) is 29.9 Å². The summed E-state index contributed by atoms with van der Waals surface area (Å²) in [5.74, 6) is 2.43. The monoisotopic (exact) mass is 384 g/mol. The highest BCUT2D eigenvalue weighted by molar-refractivity contribution is 8.19. The fraction of sp³-hybridized carbons (Fsp3) is 0.300. The van der Waals surface area contributed by atoms with Crippen LogP contribution in [0.1, 0.15) is 33.3 Å². The van der Waals surface area contributed by atoms with E-state index in [1.807, 2.05) is 72.1 Å². The molecule has 2 saturated heterocycles. The maximum Gasteiger partial charge on any atom is 0.255 e. The lowest BCUT2D eigenvalue weighted by Crippen LogP contribution is -2.23. The molecule has 0 aliphatic carbocycles. The molecule has 0 spiro atoms. The molecule has 2 amide bonds. The van der Waals surface area contributed by atoms with Crippen molar-refractivity contribution in [1.82, 2.24) is 0 Å². The van der Waals surface area contributed by atoms with Crippen LogP contribution in [0, 0.1) is 0 Å². The van der Waals surface area contributed by atoms with E-state index in [0.717, 1.165) is 24.3 Å². The Labute approximate surface area is 161 Å². The molecular weight excluding hydrogens is 364 g/mol. The second kappa shape index (κ2) is 7.76. The number of nitrogens with zero attached hydrogens (tertiary/aromatic N) is 1. The Bertz CT molecular complexity index is 800. The zero-order valence-corrected chi connectivity index (χ0v) is 15.9. The van der Waals surface area contributed by atoms with Gasteiger partial charge >= 0.3 is 0 Å². The Balaban J connectivity index is 1.40. The number of amides is 2. The Hall–Kier alpha value is -1.92. The van der Waals surface area contributed by atoms with Crippen LogP contribution in [0.4, 0.5) is 11.4 Å². The lowest BCUT2D eigenvalue weighted by atomic mass is 10.1. The molecule has 4 nitrogen and oxygen atoms in total. The van der Waals surface area contributed by atoms with Gasteiger partial charge < -0.3 is 10.2 Å². The molecule has 2 aliphatic heterocycles. The van der Waals surface area contributed by atoms with Crippen LogP contribution < -0.4 is 10.2 Å². The van der Waals surface area contributed by atoms with Crippen LogP contribution in [0.25, 0.3) is 0 Å². The van der Waals surface area contributed by atoms with Gasteiger partial charge in [0.05, 0.1) is 4.58 Å². The molecule has 0 saturated carbocycles. The third kappa shape index (κ3) is 3.76. The van der Waals surface area contributed by atoms with Gasteiger partial charge in [-0.25, -0.2) is 0 Å². The molecule has 26 heavy (non-hydrogen) atoms. The predicted octanol–water partition coefficient (Wildman–Crippen LogP) is 4.54. The molecule has 0 radical (unpaired) electrons. The molecule has 0 atom stereocenters. The Morgan fingerprint density at radius 1 is 1.00 bits per heavy atom. The Morgan fingerprint density at radius 2 is 1.69 bits per heavy atom. The van der Waals surface area contributed by atoms with E-state index in [1.165, 1.54) is 17.1 Å². The number of hydrogen-bond acceptors (Lipinski definition) is 4. The minimum absolute atomic E-state index is 0.117. The zero-order valence-electron chi connectivity index (χ0n) is 14.3. The first-order chi connectivity index (χ1) is 12.7. The third-order valence-electron chi connectivity index (χ3n) is 4.58. The average molecular weight is 385 g/mol. The topological polar surface area (TPSA) is 49.4 Å². The van der Waals surface area contributed by atoms with Gasteiger partial charge in [0.25, 0.3) is 5.91 Å². The van der Waals surface area contributed by atoms with Crippen molar-refractivity contribution in [2.75, 3.05) is 28.3 Å². The van der Waals surface area contributed by atoms with Crippen molar-refractivity contribution in [3.05, 3.63) is 59.7 Å². The van der Waals surface area contributed by atoms with E-state index >= 15 is 0 Å². The van der Waals surface area contributed by atoms with Gasteiger partial charge in [-0.2, -0.15) is 0 Å². The SMILES string of the molecule is O=C(Nc1ccc(N2CCCC2=O)cc1)c1ccc(C2SCCS2)cc1. The van der Waals surface area contributed by atoms with Crippen LogP contribution in [0.5, 0.6) is 0 Å². The quantitative estimate of drug-likeness (QED) is 0.840. The van der Waals surface area contributed by atoms with Crippen molar-refractivity contribution in [2.45, 2.75) is 17.4 Å². The van der Waals surface area contributed by atoms with E-state index in [-0.39, 0.29) is 11.8 Å². The third-order valence-corrected chi connectivity index (χ3v) is 7.68. The van der Waals surface area contributed by atoms with Gasteiger partial charge in [0, 0.05) is 41.4 Å². The zero-order chi connectivity index (χ0) is 17.9. The summed E-state index contributed by atoms with van der Waals surface area (Å²) < 4.78 is 0.493. The van der Waals surface area contributed by atoms with Crippen LogP contribution in [0.15, 0.2) is 48.5 Å². The van der Waals surface area contributed by atoms with Gasteiger partial charge in [-0.3, -0.25) is 9.59 Å². The lowest BCUT2D eigenvalue weighted by Gasteiger charge is -2.16. The molecule has 2 heterocycles. The number of anilines is 2. The molecule has 6 heteroatoms. The smallest absolute Gasteiger partial charge is 0.255 e. The van der Waals surface area contributed by atoms with E-state index in [0.29, 0.717) is 16.6 Å². The van der Waals surface area contributed by atoms with Gasteiger partial charge in [-0.15, -0.1) is 23.5 Å². The molecule has 2 aromatic rings. The van der Waals surface area contributed by atoms with Crippen LogP contribution in [0.2, 0.25) is 0 Å². The molecule has 134 valence electrons. The molecule has 0 aromatic heterocycles. The fourth-order valence-electron chi connectivity index (χ4n) is 3.19. The first kappa shape index (κ1) is 17.5. The first-order valence-corrected chi connectivity index (χ1v) is 10.9. The van der Waals surface area contributed by atoms with Crippen molar-refractivity contribution in [3.63, 3.8) is 0 Å². The molecule has 0 unspecified atom stereocenters. The van der Waals surface area contributed by atoms with E-state index in [9.17, 15) is 9.59 Å². The Kier molecular flexibility index (Phi) is 5.22. The second-order valence-corrected chi connectivity index (χ2v) is 9.07. The summed E-state index contributed by atoms with van der Waals surface area (Å²) >= 11 is 3.92. The minimum atomic E-state index is -0.117.